The van der Waals surface area contributed by atoms with Crippen LogP contribution >= 0.6 is 15.9 Å². The highest BCUT2D eigenvalue weighted by atomic mass is 79.9. The number of halogens is 1. The molecule has 0 saturated carbocycles. The molecule has 0 radical (unpaired) electrons. The number of para-hydroxylation sites is 1. The summed E-state index contributed by atoms with van der Waals surface area (Å²) in [6.07, 6.45) is 0. The molecule has 0 aliphatic carbocycles. The van der Waals surface area contributed by atoms with Crippen LogP contribution in [0.5, 0.6) is 5.75 Å². The summed E-state index contributed by atoms with van der Waals surface area (Å²) in [6, 6.07) is 14.9. The molecule has 5 nitrogen and oxygen atoms in total. The Labute approximate surface area is 200 Å². The normalized spacial score (nSPS) is 12.4. The van der Waals surface area contributed by atoms with Crippen molar-refractivity contribution in [1.82, 2.24) is 10.2 Å². The molecule has 2 aromatic carbocycles. The second-order valence-electron chi connectivity index (χ2n) is 9.50. The second kappa shape index (κ2) is 11.5. The van der Waals surface area contributed by atoms with Gasteiger partial charge in [-0.2, -0.15) is 0 Å². The Bertz CT molecular complexity index is 904. The first-order chi connectivity index (χ1) is 15.0. The van der Waals surface area contributed by atoms with Gasteiger partial charge < -0.3 is 15.0 Å². The highest BCUT2D eigenvalue weighted by Gasteiger charge is 2.27. The van der Waals surface area contributed by atoms with E-state index in [2.05, 4.69) is 42.0 Å². The van der Waals surface area contributed by atoms with Crippen LogP contribution in [0.25, 0.3) is 0 Å². The zero-order valence-corrected chi connectivity index (χ0v) is 21.5. The summed E-state index contributed by atoms with van der Waals surface area (Å²) in [5.41, 5.74) is 1.87. The van der Waals surface area contributed by atoms with Crippen molar-refractivity contribution in [2.45, 2.75) is 59.5 Å². The Morgan fingerprint density at radius 2 is 1.66 bits per heavy atom. The molecule has 0 aliphatic rings. The summed E-state index contributed by atoms with van der Waals surface area (Å²) in [4.78, 5) is 27.6. The molecule has 1 N–H and O–H groups in total. The molecule has 2 aromatic rings. The molecule has 2 rings (SSSR count). The van der Waals surface area contributed by atoms with Crippen LogP contribution in [0.2, 0.25) is 0 Å². The van der Waals surface area contributed by atoms with E-state index in [1.165, 1.54) is 0 Å². The van der Waals surface area contributed by atoms with Crippen LogP contribution in [0.4, 0.5) is 0 Å². The zero-order chi connectivity index (χ0) is 23.9. The van der Waals surface area contributed by atoms with E-state index in [9.17, 15) is 9.59 Å². The minimum atomic E-state index is -0.619. The number of nitrogens with one attached hydrogen (secondary N) is 1. The van der Waals surface area contributed by atoms with Crippen molar-refractivity contribution in [1.29, 1.82) is 0 Å². The topological polar surface area (TPSA) is 58.6 Å². The van der Waals surface area contributed by atoms with E-state index >= 15 is 0 Å². The van der Waals surface area contributed by atoms with Gasteiger partial charge in [-0.25, -0.2) is 0 Å². The van der Waals surface area contributed by atoms with Gasteiger partial charge in [0, 0.05) is 17.6 Å². The number of benzene rings is 2. The summed E-state index contributed by atoms with van der Waals surface area (Å²) in [6.45, 7) is 12.9. The number of hydrogen-bond donors (Lipinski definition) is 1. The first kappa shape index (κ1) is 25.9. The van der Waals surface area contributed by atoms with Crippen LogP contribution in [-0.2, 0) is 21.5 Å². The highest BCUT2D eigenvalue weighted by Crippen LogP contribution is 2.31. The van der Waals surface area contributed by atoms with Crippen LogP contribution in [0.3, 0.4) is 0 Å². The number of hydrogen-bond acceptors (Lipinski definition) is 3. The third-order valence-corrected chi connectivity index (χ3v) is 5.69. The first-order valence-electron chi connectivity index (χ1n) is 11.0. The fourth-order valence-electron chi connectivity index (χ4n) is 3.26. The molecule has 1 atom stereocenters. The van der Waals surface area contributed by atoms with Gasteiger partial charge in [0.05, 0.1) is 0 Å². The molecule has 32 heavy (non-hydrogen) atoms. The van der Waals surface area contributed by atoms with Crippen molar-refractivity contribution < 1.29 is 14.3 Å². The lowest BCUT2D eigenvalue weighted by molar-refractivity contribution is -0.142. The lowest BCUT2D eigenvalue weighted by atomic mass is 9.86. The van der Waals surface area contributed by atoms with Crippen LogP contribution < -0.4 is 10.1 Å². The molecule has 0 saturated heterocycles. The molecular formula is C26H35BrN2O3. The van der Waals surface area contributed by atoms with E-state index < -0.39 is 6.04 Å². The standard InChI is InChI=1S/C26H35BrN2O3/c1-18(2)15-28-25(31)19(3)29(16-20-11-13-21(27)14-12-20)24(30)17-32-23-10-8-7-9-22(23)26(4,5)6/h7-14,18-19H,15-17H2,1-6H3,(H,28,31)/t19-/m0/s1. The number of amides is 2. The Morgan fingerprint density at radius 1 is 1.03 bits per heavy atom. The average molecular weight is 503 g/mol. The number of ether oxygens (including phenoxy) is 1. The van der Waals surface area contributed by atoms with E-state index in [4.69, 9.17) is 4.74 Å². The van der Waals surface area contributed by atoms with Gasteiger partial charge in [0.15, 0.2) is 6.61 Å². The molecule has 0 unspecified atom stereocenters. The quantitative estimate of drug-likeness (QED) is 0.504. The summed E-state index contributed by atoms with van der Waals surface area (Å²) in [7, 11) is 0. The van der Waals surface area contributed by atoms with Crippen LogP contribution in [0.1, 0.15) is 52.7 Å². The fourth-order valence-corrected chi connectivity index (χ4v) is 3.52. The van der Waals surface area contributed by atoms with Gasteiger partial charge in [0.1, 0.15) is 11.8 Å². The van der Waals surface area contributed by atoms with Crippen molar-refractivity contribution in [3.8, 4) is 5.75 Å². The monoisotopic (exact) mass is 502 g/mol. The summed E-state index contributed by atoms with van der Waals surface area (Å²) >= 11 is 3.44. The minimum Gasteiger partial charge on any atom is -0.483 e. The van der Waals surface area contributed by atoms with E-state index in [1.54, 1.807) is 11.8 Å². The van der Waals surface area contributed by atoms with Gasteiger partial charge in [0.25, 0.3) is 5.91 Å². The van der Waals surface area contributed by atoms with Gasteiger partial charge in [-0.3, -0.25) is 9.59 Å². The van der Waals surface area contributed by atoms with E-state index in [0.29, 0.717) is 24.8 Å². The van der Waals surface area contributed by atoms with Gasteiger partial charge in [-0.05, 0) is 47.6 Å². The largest absolute Gasteiger partial charge is 0.483 e. The van der Waals surface area contributed by atoms with Crippen LogP contribution in [-0.4, -0.2) is 35.9 Å². The molecule has 0 aromatic heterocycles. The summed E-state index contributed by atoms with van der Waals surface area (Å²) in [5.74, 6) is 0.621. The fraction of sp³-hybridized carbons (Fsp3) is 0.462. The minimum absolute atomic E-state index is 0.110. The maximum absolute atomic E-state index is 13.2. The van der Waals surface area contributed by atoms with Gasteiger partial charge >= 0.3 is 0 Å². The van der Waals surface area contributed by atoms with Crippen molar-refractivity contribution >= 4 is 27.7 Å². The van der Waals surface area contributed by atoms with Crippen molar-refractivity contribution in [2.24, 2.45) is 5.92 Å². The van der Waals surface area contributed by atoms with E-state index in [-0.39, 0.29) is 23.8 Å². The van der Waals surface area contributed by atoms with Crippen molar-refractivity contribution in [2.75, 3.05) is 13.2 Å². The van der Waals surface area contributed by atoms with Gasteiger partial charge in [0.2, 0.25) is 5.91 Å². The molecular weight excluding hydrogens is 468 g/mol. The third kappa shape index (κ3) is 7.66. The average Bonchev–Trinajstić information content (AvgIpc) is 2.74. The molecule has 2 amide bonds. The van der Waals surface area contributed by atoms with Crippen molar-refractivity contribution in [3.63, 3.8) is 0 Å². The lowest BCUT2D eigenvalue weighted by Gasteiger charge is -2.29. The molecule has 0 fully saturated rings. The maximum atomic E-state index is 13.2. The second-order valence-corrected chi connectivity index (χ2v) is 10.4. The summed E-state index contributed by atoms with van der Waals surface area (Å²) in [5, 5.41) is 2.93. The predicted octanol–water partition coefficient (Wildman–Crippen LogP) is 5.31. The molecule has 174 valence electrons. The van der Waals surface area contributed by atoms with Crippen molar-refractivity contribution in [3.05, 3.63) is 64.1 Å². The molecule has 0 spiro atoms. The van der Waals surface area contributed by atoms with E-state index in [1.807, 2.05) is 62.4 Å². The Hall–Kier alpha value is -2.34. The molecule has 0 bridgehead atoms. The van der Waals surface area contributed by atoms with E-state index in [0.717, 1.165) is 15.6 Å². The Balaban J connectivity index is 2.20. The molecule has 0 heterocycles. The first-order valence-corrected chi connectivity index (χ1v) is 11.8. The third-order valence-electron chi connectivity index (χ3n) is 5.16. The predicted molar refractivity (Wildman–Crippen MR) is 133 cm³/mol. The van der Waals surface area contributed by atoms with Crippen LogP contribution in [0.15, 0.2) is 53.0 Å². The van der Waals surface area contributed by atoms with Crippen LogP contribution in [0, 0.1) is 5.92 Å². The lowest BCUT2D eigenvalue weighted by Crippen LogP contribution is -2.49. The van der Waals surface area contributed by atoms with Gasteiger partial charge in [-0.15, -0.1) is 0 Å². The SMILES string of the molecule is CC(C)CNC(=O)[C@H](C)N(Cc1ccc(Br)cc1)C(=O)COc1ccccc1C(C)(C)C. The number of rotatable bonds is 9. The number of carbonyl (C=O) groups excluding carboxylic acids is 2. The zero-order valence-electron chi connectivity index (χ0n) is 19.9. The number of nitrogens with zero attached hydrogens (tertiary/aromatic N) is 1. The molecule has 6 heteroatoms. The molecule has 0 aliphatic heterocycles. The summed E-state index contributed by atoms with van der Waals surface area (Å²) < 4.78 is 6.92. The smallest absolute Gasteiger partial charge is 0.261 e. The highest BCUT2D eigenvalue weighted by molar-refractivity contribution is 9.10. The number of carbonyl (C=O) groups is 2. The maximum Gasteiger partial charge on any atom is 0.261 e. The Kier molecular flexibility index (Phi) is 9.32. The Morgan fingerprint density at radius 3 is 2.25 bits per heavy atom. The van der Waals surface area contributed by atoms with Gasteiger partial charge in [-0.1, -0.05) is 80.9 Å².